The van der Waals surface area contributed by atoms with Crippen molar-refractivity contribution in [3.05, 3.63) is 240 Å². The molecule has 1 heterocycles. The van der Waals surface area contributed by atoms with Gasteiger partial charge in [0, 0.05) is 40.5 Å². The van der Waals surface area contributed by atoms with Gasteiger partial charge in [0.25, 0.3) is 0 Å². The monoisotopic (exact) mass is 733 g/mol. The normalized spacial score (nSPS) is 17.2. The summed E-state index contributed by atoms with van der Waals surface area (Å²) in [7, 11) is 0. The highest BCUT2D eigenvalue weighted by Crippen LogP contribution is 2.59. The van der Waals surface area contributed by atoms with Crippen molar-refractivity contribution < 1.29 is 4.42 Å². The predicted octanol–water partition coefficient (Wildman–Crippen LogP) is 14.6. The van der Waals surface area contributed by atoms with Crippen molar-refractivity contribution in [1.82, 2.24) is 0 Å². The molecule has 274 valence electrons. The molecule has 7 aromatic rings. The summed E-state index contributed by atoms with van der Waals surface area (Å²) < 4.78 is 6.96. The van der Waals surface area contributed by atoms with Crippen LogP contribution in [0.15, 0.2) is 216 Å². The van der Waals surface area contributed by atoms with Crippen molar-refractivity contribution in [2.45, 2.75) is 31.1 Å². The summed E-state index contributed by atoms with van der Waals surface area (Å²) in [5, 5.41) is 1.17. The summed E-state index contributed by atoms with van der Waals surface area (Å²) in [6, 6.07) is 54.7. The molecule has 2 nitrogen and oxygen atoms in total. The summed E-state index contributed by atoms with van der Waals surface area (Å²) in [6.07, 6.45) is 21.9. The SMILES string of the molecule is C=C/C=C(\C=CN(c1ccc(-c2ccccc2)cc1)c1ccc(-c2ccccc2)cc1)C1(c2cccc3c4c(oc23)CCC=C4)C2=C(CCC=C2)c2ccccc21. The molecule has 0 spiro atoms. The number of nitrogens with zero attached hydrogens (tertiary/aromatic N) is 1. The molecule has 6 aromatic carbocycles. The zero-order valence-corrected chi connectivity index (χ0v) is 31.9. The average molecular weight is 734 g/mol. The third-order valence-corrected chi connectivity index (χ3v) is 11.9. The fourth-order valence-corrected chi connectivity index (χ4v) is 9.34. The summed E-state index contributed by atoms with van der Waals surface area (Å²) in [5.74, 6) is 1.07. The number of furan rings is 1. The van der Waals surface area contributed by atoms with Gasteiger partial charge in [-0.1, -0.05) is 170 Å². The minimum Gasteiger partial charge on any atom is -0.460 e. The summed E-state index contributed by atoms with van der Waals surface area (Å²) >= 11 is 0. The van der Waals surface area contributed by atoms with E-state index in [4.69, 9.17) is 4.42 Å². The van der Waals surface area contributed by atoms with Gasteiger partial charge < -0.3 is 9.32 Å². The molecule has 0 N–H and O–H groups in total. The molecule has 0 fully saturated rings. The molecule has 0 amide bonds. The molecule has 10 rings (SSSR count). The van der Waals surface area contributed by atoms with Crippen LogP contribution in [0.5, 0.6) is 0 Å². The van der Waals surface area contributed by atoms with Crippen LogP contribution in [-0.4, -0.2) is 0 Å². The maximum absolute atomic E-state index is 6.96. The van der Waals surface area contributed by atoms with Crippen LogP contribution >= 0.6 is 0 Å². The van der Waals surface area contributed by atoms with Gasteiger partial charge in [0.1, 0.15) is 11.3 Å². The third kappa shape index (κ3) is 5.88. The lowest BCUT2D eigenvalue weighted by Gasteiger charge is -2.36. The lowest BCUT2D eigenvalue weighted by atomic mass is 9.65. The molecule has 1 aromatic heterocycles. The molecular formula is C55H43NO. The third-order valence-electron chi connectivity index (χ3n) is 11.9. The number of aryl methyl sites for hydroxylation is 1. The second kappa shape index (κ2) is 14.6. The number of hydrogen-bond donors (Lipinski definition) is 0. The predicted molar refractivity (Wildman–Crippen MR) is 239 cm³/mol. The Bertz CT molecular complexity index is 2690. The van der Waals surface area contributed by atoms with E-state index < -0.39 is 5.41 Å². The molecule has 57 heavy (non-hydrogen) atoms. The van der Waals surface area contributed by atoms with Gasteiger partial charge in [-0.2, -0.15) is 0 Å². The average Bonchev–Trinajstić information content (AvgIpc) is 3.81. The molecule has 3 aliphatic rings. The van der Waals surface area contributed by atoms with Crippen molar-refractivity contribution in [1.29, 1.82) is 0 Å². The summed E-state index contributed by atoms with van der Waals surface area (Å²) in [6.45, 7) is 4.30. The van der Waals surface area contributed by atoms with E-state index in [2.05, 4.69) is 206 Å². The van der Waals surface area contributed by atoms with E-state index in [1.807, 2.05) is 6.08 Å². The van der Waals surface area contributed by atoms with Gasteiger partial charge in [-0.3, -0.25) is 0 Å². The Labute approximate surface area is 335 Å². The Balaban J connectivity index is 1.17. The fourth-order valence-electron chi connectivity index (χ4n) is 9.34. The first kappa shape index (κ1) is 34.6. The van der Waals surface area contributed by atoms with Crippen molar-refractivity contribution >= 4 is 34.0 Å². The van der Waals surface area contributed by atoms with Crippen LogP contribution in [0.1, 0.15) is 47.3 Å². The minimum atomic E-state index is -0.642. The number of hydrogen-bond acceptors (Lipinski definition) is 2. The van der Waals surface area contributed by atoms with E-state index in [0.29, 0.717) is 0 Å². The molecule has 1 atom stereocenters. The van der Waals surface area contributed by atoms with Crippen LogP contribution in [0.25, 0.3) is 44.9 Å². The van der Waals surface area contributed by atoms with Gasteiger partial charge >= 0.3 is 0 Å². The number of rotatable bonds is 9. The van der Waals surface area contributed by atoms with E-state index in [-0.39, 0.29) is 0 Å². The fraction of sp³-hybridized carbons (Fsp3) is 0.0909. The van der Waals surface area contributed by atoms with Gasteiger partial charge in [-0.15, -0.1) is 0 Å². The van der Waals surface area contributed by atoms with Crippen molar-refractivity contribution in [3.63, 3.8) is 0 Å². The first-order valence-electron chi connectivity index (χ1n) is 20.1. The maximum Gasteiger partial charge on any atom is 0.139 e. The standard InChI is InChI=1S/C55H43NO/c1-2-16-43(37-38-56(44-33-29-41(30-34-44)39-17-5-3-6-18-39)45-35-31-42(32-36-45)40-19-7-4-8-20-40)55(50-25-12-9-21-46(50)47-22-10-13-26-51(47)55)52-27-15-24-49-48-23-11-14-28-53(48)57-54(49)52/h2-9,11-13,15-21,23-27,29-38H,1,10,14,22,28H2/b38-37?,43-16+. The minimum absolute atomic E-state index is 0.642. The van der Waals surface area contributed by atoms with Crippen LogP contribution in [0.2, 0.25) is 0 Å². The summed E-state index contributed by atoms with van der Waals surface area (Å²) in [5.41, 5.74) is 16.1. The van der Waals surface area contributed by atoms with Gasteiger partial charge in [-0.05, 0) is 99.7 Å². The Morgan fingerprint density at radius 2 is 1.19 bits per heavy atom. The molecule has 1 unspecified atom stereocenters. The van der Waals surface area contributed by atoms with Crippen LogP contribution in [-0.2, 0) is 11.8 Å². The molecule has 0 aliphatic heterocycles. The smallest absolute Gasteiger partial charge is 0.139 e. The first-order valence-corrected chi connectivity index (χ1v) is 20.1. The van der Waals surface area contributed by atoms with Gasteiger partial charge in [0.2, 0.25) is 0 Å². The lowest BCUT2D eigenvalue weighted by molar-refractivity contribution is 0.538. The number of fused-ring (bicyclic) bond motifs is 5. The largest absolute Gasteiger partial charge is 0.460 e. The Kier molecular flexibility index (Phi) is 8.88. The van der Waals surface area contributed by atoms with Crippen LogP contribution in [0.3, 0.4) is 0 Å². The Morgan fingerprint density at radius 1 is 0.596 bits per heavy atom. The van der Waals surface area contributed by atoms with E-state index in [0.717, 1.165) is 59.5 Å². The van der Waals surface area contributed by atoms with E-state index in [1.165, 1.54) is 55.5 Å². The van der Waals surface area contributed by atoms with E-state index in [9.17, 15) is 0 Å². The molecular weight excluding hydrogens is 691 g/mol. The zero-order chi connectivity index (χ0) is 38.2. The number of allylic oxidation sites excluding steroid dienone is 9. The highest BCUT2D eigenvalue weighted by atomic mass is 16.3. The Hall–Kier alpha value is -6.90. The van der Waals surface area contributed by atoms with Crippen LogP contribution in [0, 0.1) is 0 Å². The number of para-hydroxylation sites is 1. The molecule has 0 saturated heterocycles. The van der Waals surface area contributed by atoms with Crippen molar-refractivity contribution in [2.75, 3.05) is 4.90 Å². The molecule has 3 aliphatic carbocycles. The van der Waals surface area contributed by atoms with Gasteiger partial charge in [-0.25, -0.2) is 0 Å². The number of benzene rings is 6. The van der Waals surface area contributed by atoms with Crippen LogP contribution < -0.4 is 4.90 Å². The summed E-state index contributed by atoms with van der Waals surface area (Å²) in [4.78, 5) is 2.30. The topological polar surface area (TPSA) is 16.4 Å². The van der Waals surface area contributed by atoms with Crippen molar-refractivity contribution in [2.24, 2.45) is 0 Å². The highest BCUT2D eigenvalue weighted by molar-refractivity contribution is 5.97. The van der Waals surface area contributed by atoms with Gasteiger partial charge in [0.15, 0.2) is 0 Å². The van der Waals surface area contributed by atoms with Gasteiger partial charge in [0.05, 0.1) is 5.41 Å². The quantitative estimate of drug-likeness (QED) is 0.137. The molecule has 0 saturated carbocycles. The second-order valence-electron chi connectivity index (χ2n) is 15.1. The van der Waals surface area contributed by atoms with E-state index in [1.54, 1.807) is 0 Å². The van der Waals surface area contributed by atoms with E-state index >= 15 is 0 Å². The van der Waals surface area contributed by atoms with Crippen molar-refractivity contribution in [3.8, 4) is 22.3 Å². The molecule has 0 bridgehead atoms. The van der Waals surface area contributed by atoms with Crippen LogP contribution in [0.4, 0.5) is 11.4 Å². The zero-order valence-electron chi connectivity index (χ0n) is 31.9. The molecule has 0 radical (unpaired) electrons. The second-order valence-corrected chi connectivity index (χ2v) is 15.1. The lowest BCUT2D eigenvalue weighted by Crippen LogP contribution is -2.30. The highest BCUT2D eigenvalue weighted by Gasteiger charge is 2.49. The number of anilines is 2. The maximum atomic E-state index is 6.96. The first-order chi connectivity index (χ1) is 28.2. The Morgan fingerprint density at radius 3 is 1.88 bits per heavy atom. The molecule has 2 heteroatoms.